The number of hydrogen-bond donors (Lipinski definition) is 1. The van der Waals surface area contributed by atoms with Gasteiger partial charge in [-0.25, -0.2) is 5.10 Å². The Labute approximate surface area is 121 Å². The van der Waals surface area contributed by atoms with Gasteiger partial charge in [0, 0.05) is 18.7 Å². The third-order valence-corrected chi connectivity index (χ3v) is 3.93. The average molecular weight is 292 g/mol. The molecule has 5 nitrogen and oxygen atoms in total. The molecule has 0 amide bonds. The van der Waals surface area contributed by atoms with Crippen LogP contribution in [0.5, 0.6) is 5.75 Å². The fourth-order valence-corrected chi connectivity index (χ4v) is 2.78. The molecule has 1 aliphatic heterocycles. The Hall–Kier alpha value is -2.01. The zero-order valence-electron chi connectivity index (χ0n) is 11.0. The average Bonchev–Trinajstić information content (AvgIpc) is 2.49. The zero-order valence-corrected chi connectivity index (χ0v) is 11.8. The second kappa shape index (κ2) is 5.17. The molecule has 3 rings (SSSR count). The number of halogens is 1. The zero-order chi connectivity index (χ0) is 14.1. The topological polar surface area (TPSA) is 58.2 Å². The van der Waals surface area contributed by atoms with Crippen LogP contribution in [0.2, 0.25) is 5.02 Å². The van der Waals surface area contributed by atoms with Gasteiger partial charge in [-0.15, -0.1) is 0 Å². The first-order valence-electron chi connectivity index (χ1n) is 6.33. The maximum absolute atomic E-state index is 11.5. The van der Waals surface area contributed by atoms with Crippen molar-refractivity contribution in [3.05, 3.63) is 50.9 Å². The summed E-state index contributed by atoms with van der Waals surface area (Å²) in [4.78, 5) is 13.6. The van der Waals surface area contributed by atoms with E-state index in [0.29, 0.717) is 12.2 Å². The van der Waals surface area contributed by atoms with Gasteiger partial charge in [0.15, 0.2) is 0 Å². The number of hydrogen-bond acceptors (Lipinski definition) is 4. The van der Waals surface area contributed by atoms with Gasteiger partial charge in [-0.05, 0) is 18.1 Å². The van der Waals surface area contributed by atoms with Crippen molar-refractivity contribution in [2.75, 3.05) is 18.6 Å². The van der Waals surface area contributed by atoms with Crippen LogP contribution in [0.3, 0.4) is 0 Å². The smallest absolute Gasteiger partial charge is 0.285 e. The molecule has 0 aliphatic carbocycles. The number of aromatic nitrogens is 2. The molecule has 0 bridgehead atoms. The molecule has 104 valence electrons. The van der Waals surface area contributed by atoms with Crippen LogP contribution >= 0.6 is 11.6 Å². The van der Waals surface area contributed by atoms with E-state index in [1.807, 2.05) is 12.1 Å². The highest BCUT2D eigenvalue weighted by molar-refractivity contribution is 6.32. The Morgan fingerprint density at radius 1 is 1.45 bits per heavy atom. The van der Waals surface area contributed by atoms with E-state index in [1.54, 1.807) is 13.3 Å². The number of methoxy groups -OCH3 is 1. The van der Waals surface area contributed by atoms with Crippen molar-refractivity contribution in [1.82, 2.24) is 10.2 Å². The molecular weight excluding hydrogens is 278 g/mol. The van der Waals surface area contributed by atoms with Crippen LogP contribution in [-0.4, -0.2) is 23.9 Å². The minimum Gasteiger partial charge on any atom is -0.496 e. The number of anilines is 1. The molecule has 0 fully saturated rings. The molecule has 0 radical (unpaired) electrons. The summed E-state index contributed by atoms with van der Waals surface area (Å²) in [6.07, 6.45) is 2.44. The lowest BCUT2D eigenvalue weighted by molar-refractivity contribution is 0.407. The fraction of sp³-hybridized carbons (Fsp3) is 0.286. The summed E-state index contributed by atoms with van der Waals surface area (Å²) < 4.78 is 5.38. The van der Waals surface area contributed by atoms with E-state index in [4.69, 9.17) is 16.3 Å². The number of aromatic amines is 1. The van der Waals surface area contributed by atoms with Crippen molar-refractivity contribution >= 4 is 17.3 Å². The highest BCUT2D eigenvalue weighted by Gasteiger charge is 2.21. The second-order valence-electron chi connectivity index (χ2n) is 4.67. The number of H-pyrrole nitrogens is 1. The highest BCUT2D eigenvalue weighted by atomic mass is 35.5. The van der Waals surface area contributed by atoms with Crippen molar-refractivity contribution in [2.24, 2.45) is 0 Å². The van der Waals surface area contributed by atoms with Gasteiger partial charge >= 0.3 is 0 Å². The number of nitrogens with zero attached hydrogens (tertiary/aromatic N) is 2. The molecule has 2 aromatic rings. The second-order valence-corrected chi connectivity index (χ2v) is 5.05. The van der Waals surface area contributed by atoms with Gasteiger partial charge < -0.3 is 9.64 Å². The number of rotatable bonds is 2. The van der Waals surface area contributed by atoms with Crippen LogP contribution < -0.4 is 15.2 Å². The Kier molecular flexibility index (Phi) is 3.36. The van der Waals surface area contributed by atoms with E-state index >= 15 is 0 Å². The monoisotopic (exact) mass is 291 g/mol. The van der Waals surface area contributed by atoms with E-state index in [2.05, 4.69) is 21.2 Å². The molecule has 2 heterocycles. The molecule has 20 heavy (non-hydrogen) atoms. The minimum absolute atomic E-state index is 0.186. The van der Waals surface area contributed by atoms with Gasteiger partial charge in [-0.1, -0.05) is 23.7 Å². The Bertz CT molecular complexity index is 699. The van der Waals surface area contributed by atoms with E-state index in [0.717, 1.165) is 18.7 Å². The summed E-state index contributed by atoms with van der Waals surface area (Å²) in [5.41, 5.74) is 2.72. The van der Waals surface area contributed by atoms with Crippen LogP contribution in [0.1, 0.15) is 11.1 Å². The lowest BCUT2D eigenvalue weighted by Gasteiger charge is -2.31. The minimum atomic E-state index is -0.361. The Morgan fingerprint density at radius 3 is 3.10 bits per heavy atom. The van der Waals surface area contributed by atoms with Crippen molar-refractivity contribution in [3.63, 3.8) is 0 Å². The molecule has 1 aromatic carbocycles. The van der Waals surface area contributed by atoms with Crippen molar-refractivity contribution in [2.45, 2.75) is 13.0 Å². The first-order chi connectivity index (χ1) is 9.70. The van der Waals surface area contributed by atoms with Crippen LogP contribution in [0, 0.1) is 0 Å². The maximum atomic E-state index is 11.5. The van der Waals surface area contributed by atoms with Crippen LogP contribution in [-0.2, 0) is 13.0 Å². The van der Waals surface area contributed by atoms with Crippen molar-refractivity contribution < 1.29 is 4.74 Å². The lowest BCUT2D eigenvalue weighted by atomic mass is 9.98. The Balaban J connectivity index is 1.97. The summed E-state index contributed by atoms with van der Waals surface area (Å²) in [6, 6.07) is 6.01. The molecular formula is C14H14ClN3O2. The third kappa shape index (κ3) is 2.14. The molecule has 0 spiro atoms. The lowest BCUT2D eigenvalue weighted by Crippen LogP contribution is -2.32. The number of ether oxygens (including phenoxy) is 1. The van der Waals surface area contributed by atoms with Gasteiger partial charge in [-0.2, -0.15) is 5.10 Å². The molecule has 1 N–H and O–H groups in total. The first kappa shape index (κ1) is 13.0. The van der Waals surface area contributed by atoms with Gasteiger partial charge in [0.2, 0.25) is 0 Å². The summed E-state index contributed by atoms with van der Waals surface area (Å²) in [7, 11) is 1.68. The standard InChI is InChI=1S/C14H14ClN3O2/c1-20-12-4-2-3-9-8-18(6-5-10(9)12)11-7-16-17-14(19)13(11)15/h2-4,7H,5-6,8H2,1H3,(H,17,19). The molecule has 6 heteroatoms. The molecule has 0 unspecified atom stereocenters. The summed E-state index contributed by atoms with van der Waals surface area (Å²) in [5, 5.41) is 6.34. The predicted molar refractivity (Wildman–Crippen MR) is 77.6 cm³/mol. The number of nitrogens with one attached hydrogen (secondary N) is 1. The molecule has 0 saturated carbocycles. The van der Waals surface area contributed by atoms with Crippen molar-refractivity contribution in [1.29, 1.82) is 0 Å². The van der Waals surface area contributed by atoms with Gasteiger partial charge in [0.1, 0.15) is 10.8 Å². The van der Waals surface area contributed by atoms with E-state index < -0.39 is 0 Å². The molecule has 1 aliphatic rings. The highest BCUT2D eigenvalue weighted by Crippen LogP contribution is 2.31. The van der Waals surface area contributed by atoms with Crippen LogP contribution in [0.15, 0.2) is 29.2 Å². The molecule has 0 atom stereocenters. The van der Waals surface area contributed by atoms with Gasteiger partial charge in [-0.3, -0.25) is 4.79 Å². The molecule has 1 aromatic heterocycles. The van der Waals surface area contributed by atoms with E-state index in [9.17, 15) is 4.79 Å². The first-order valence-corrected chi connectivity index (χ1v) is 6.71. The quantitative estimate of drug-likeness (QED) is 0.919. The summed E-state index contributed by atoms with van der Waals surface area (Å²) in [6.45, 7) is 1.47. The van der Waals surface area contributed by atoms with Gasteiger partial charge in [0.05, 0.1) is 19.0 Å². The summed E-state index contributed by atoms with van der Waals surface area (Å²) in [5.74, 6) is 0.914. The Morgan fingerprint density at radius 2 is 2.30 bits per heavy atom. The van der Waals surface area contributed by atoms with Crippen LogP contribution in [0.4, 0.5) is 5.69 Å². The van der Waals surface area contributed by atoms with E-state index in [1.165, 1.54) is 11.1 Å². The molecule has 0 saturated heterocycles. The number of fused-ring (bicyclic) bond motifs is 1. The van der Waals surface area contributed by atoms with Gasteiger partial charge in [0.25, 0.3) is 5.56 Å². The maximum Gasteiger partial charge on any atom is 0.285 e. The van der Waals surface area contributed by atoms with Crippen LogP contribution in [0.25, 0.3) is 0 Å². The van der Waals surface area contributed by atoms with E-state index in [-0.39, 0.29) is 10.6 Å². The van der Waals surface area contributed by atoms with Crippen molar-refractivity contribution in [3.8, 4) is 5.75 Å². The number of benzene rings is 1. The normalized spacial score (nSPS) is 14.0. The predicted octanol–water partition coefficient (Wildman–Crippen LogP) is 1.99. The SMILES string of the molecule is COc1cccc2c1CCN(c1cn[nH]c(=O)c1Cl)C2. The third-order valence-electron chi connectivity index (χ3n) is 3.56. The summed E-state index contributed by atoms with van der Waals surface area (Å²) >= 11 is 6.06. The largest absolute Gasteiger partial charge is 0.496 e. The fourth-order valence-electron chi connectivity index (χ4n) is 2.57.